The fraction of sp³-hybridized carbons (Fsp3) is 0.118. The number of amides is 1. The predicted octanol–water partition coefficient (Wildman–Crippen LogP) is 4.10. The van der Waals surface area contributed by atoms with Crippen LogP contribution in [0.3, 0.4) is 0 Å². The maximum atomic E-state index is 12.9. The number of carboxylic acid groups (broad SMARTS) is 1. The zero-order chi connectivity index (χ0) is 23.5. The molecule has 0 aromatic heterocycles. The van der Waals surface area contributed by atoms with Crippen molar-refractivity contribution in [3.05, 3.63) is 55.2 Å². The topological polar surface area (TPSA) is 147 Å². The van der Waals surface area contributed by atoms with Crippen LogP contribution in [0.2, 0.25) is 0 Å². The number of esters is 1. The zero-order valence-corrected chi connectivity index (χ0v) is 24.4. The Hall–Kier alpha value is -0.320. The highest BCUT2D eigenvalue weighted by atomic mass is 127. The van der Waals surface area contributed by atoms with Crippen molar-refractivity contribution in [2.75, 3.05) is 17.7 Å². The van der Waals surface area contributed by atoms with Crippen molar-refractivity contribution in [3.63, 3.8) is 0 Å². The van der Waals surface area contributed by atoms with Crippen LogP contribution in [0.25, 0.3) is 0 Å². The molecule has 2 rings (SSSR count). The van der Waals surface area contributed by atoms with E-state index >= 15 is 0 Å². The number of halogens is 4. The van der Waals surface area contributed by atoms with E-state index in [1.165, 1.54) is 24.3 Å². The summed E-state index contributed by atoms with van der Waals surface area (Å²) in [7, 11) is -4.24. The minimum Gasteiger partial charge on any atom is -0.478 e. The Labute approximate surface area is 231 Å². The number of hydrogen-bond donors (Lipinski definition) is 3. The van der Waals surface area contributed by atoms with Crippen LogP contribution < -0.4 is 5.32 Å². The van der Waals surface area contributed by atoms with E-state index in [0.29, 0.717) is 12.8 Å². The van der Waals surface area contributed by atoms with Gasteiger partial charge in [0.05, 0.1) is 16.7 Å². The van der Waals surface area contributed by atoms with Gasteiger partial charge < -0.3 is 15.2 Å². The van der Waals surface area contributed by atoms with E-state index in [9.17, 15) is 27.9 Å². The first-order valence-corrected chi connectivity index (χ1v) is 13.9. The normalized spacial score (nSPS) is 11.1. The van der Waals surface area contributed by atoms with Gasteiger partial charge in [-0.2, -0.15) is 8.42 Å². The Bertz CT molecular complexity index is 1170. The summed E-state index contributed by atoms with van der Waals surface area (Å²) in [6.45, 7) is -0.503. The molecule has 1 amide bonds. The Balaban J connectivity index is 2.22. The lowest BCUT2D eigenvalue weighted by Crippen LogP contribution is -2.21. The van der Waals surface area contributed by atoms with Crippen LogP contribution in [0, 0.1) is 14.3 Å². The van der Waals surface area contributed by atoms with Gasteiger partial charge in [-0.3, -0.25) is 9.35 Å². The van der Waals surface area contributed by atoms with Crippen molar-refractivity contribution in [3.8, 4) is 0 Å². The summed E-state index contributed by atoms with van der Waals surface area (Å²) >= 11 is 7.92. The smallest absolute Gasteiger partial charge is 0.338 e. The van der Waals surface area contributed by atoms with E-state index in [0.717, 1.165) is 7.14 Å². The van der Waals surface area contributed by atoms with E-state index in [-0.39, 0.29) is 16.7 Å². The zero-order valence-electron chi connectivity index (χ0n) is 15.0. The van der Waals surface area contributed by atoms with Crippen molar-refractivity contribution < 1.29 is 37.2 Å². The Morgan fingerprint density at radius 2 is 1.42 bits per heavy atom. The van der Waals surface area contributed by atoms with Gasteiger partial charge in [0.15, 0.2) is 0 Å². The first kappa shape index (κ1) is 26.9. The lowest BCUT2D eigenvalue weighted by Gasteiger charge is -2.15. The van der Waals surface area contributed by atoms with Gasteiger partial charge in [0.25, 0.3) is 16.0 Å². The molecule has 3 N–H and O–H groups in total. The molecule has 0 radical (unpaired) electrons. The molecular formula is C17H11I4NO8S. The maximum Gasteiger partial charge on any atom is 0.338 e. The van der Waals surface area contributed by atoms with E-state index in [2.05, 4.69) is 27.9 Å². The number of anilines is 1. The lowest BCUT2D eigenvalue weighted by molar-refractivity contribution is 0.0527. The Kier molecular flexibility index (Phi) is 9.73. The van der Waals surface area contributed by atoms with Gasteiger partial charge in [-0.1, -0.05) is 0 Å². The van der Waals surface area contributed by atoms with Crippen LogP contribution >= 0.6 is 90.4 Å². The monoisotopic (exact) mass is 897 g/mol. The second-order valence-corrected chi connectivity index (χ2v) is 11.7. The summed E-state index contributed by atoms with van der Waals surface area (Å²) < 4.78 is 37.2. The molecule has 0 aliphatic rings. The lowest BCUT2D eigenvalue weighted by atomic mass is 10.1. The second-order valence-electron chi connectivity index (χ2n) is 5.76. The molecule has 0 heterocycles. The standard InChI is InChI=1S/C17H11I4NO8S/c18-11-9(10(16(24)25)12(19)14(21)13(11)20)15(23)22-8-3-1-7(2-4-8)17(26)30-5-6-31(27,28)29/h1-4H,5-6H2,(H,22,23)(H,24,25)(H,27,28,29). The van der Waals surface area contributed by atoms with Crippen LogP contribution in [0.4, 0.5) is 5.69 Å². The van der Waals surface area contributed by atoms with Crippen LogP contribution in [-0.4, -0.2) is 48.3 Å². The number of aromatic carboxylic acids is 1. The van der Waals surface area contributed by atoms with Gasteiger partial charge in [-0.15, -0.1) is 0 Å². The third-order valence-electron chi connectivity index (χ3n) is 3.66. The molecule has 0 aliphatic heterocycles. The minimum atomic E-state index is -4.24. The number of nitrogens with one attached hydrogen (secondary N) is 1. The van der Waals surface area contributed by atoms with Gasteiger partial charge in [-0.25, -0.2) is 9.59 Å². The summed E-state index contributed by atoms with van der Waals surface area (Å²) in [6.07, 6.45) is 0. The van der Waals surface area contributed by atoms with Crippen molar-refractivity contribution in [2.24, 2.45) is 0 Å². The summed E-state index contributed by atoms with van der Waals surface area (Å²) in [5.74, 6) is -3.35. The van der Waals surface area contributed by atoms with E-state index < -0.39 is 40.3 Å². The summed E-state index contributed by atoms with van der Waals surface area (Å²) in [6, 6.07) is 5.56. The summed E-state index contributed by atoms with van der Waals surface area (Å²) in [5.41, 5.74) is 0.366. The average molecular weight is 897 g/mol. The van der Waals surface area contributed by atoms with Gasteiger partial charge in [0.1, 0.15) is 12.4 Å². The van der Waals surface area contributed by atoms with Gasteiger partial charge in [0, 0.05) is 20.0 Å². The fourth-order valence-electron chi connectivity index (χ4n) is 2.25. The third-order valence-corrected chi connectivity index (χ3v) is 11.8. The van der Waals surface area contributed by atoms with E-state index in [4.69, 9.17) is 9.29 Å². The van der Waals surface area contributed by atoms with Gasteiger partial charge in [0.2, 0.25) is 0 Å². The van der Waals surface area contributed by atoms with E-state index in [1.807, 2.05) is 67.8 Å². The van der Waals surface area contributed by atoms with Gasteiger partial charge >= 0.3 is 11.9 Å². The van der Waals surface area contributed by atoms with Crippen LogP contribution in [0.5, 0.6) is 0 Å². The molecular weight excluding hydrogens is 886 g/mol. The van der Waals surface area contributed by atoms with Crippen molar-refractivity contribution >= 4 is 124 Å². The molecule has 0 saturated heterocycles. The number of benzene rings is 2. The number of carboxylic acids is 1. The first-order valence-electron chi connectivity index (χ1n) is 7.96. The molecule has 2 aromatic carbocycles. The molecule has 0 saturated carbocycles. The molecule has 0 unspecified atom stereocenters. The summed E-state index contributed by atoms with van der Waals surface area (Å²) in [4.78, 5) is 36.6. The predicted molar refractivity (Wildman–Crippen MR) is 145 cm³/mol. The Morgan fingerprint density at radius 3 is 1.90 bits per heavy atom. The molecule has 0 atom stereocenters. The number of carbonyl (C=O) groups excluding carboxylic acids is 2. The molecule has 0 spiro atoms. The molecule has 0 aliphatic carbocycles. The average Bonchev–Trinajstić information content (AvgIpc) is 2.68. The molecule has 9 nitrogen and oxygen atoms in total. The van der Waals surface area contributed by atoms with E-state index in [1.54, 1.807) is 0 Å². The number of hydrogen-bond acceptors (Lipinski definition) is 6. The molecule has 0 bridgehead atoms. The van der Waals surface area contributed by atoms with Crippen LogP contribution in [-0.2, 0) is 14.9 Å². The molecule has 2 aromatic rings. The summed E-state index contributed by atoms with van der Waals surface area (Å²) in [5, 5.41) is 12.2. The third kappa shape index (κ3) is 7.08. The largest absolute Gasteiger partial charge is 0.478 e. The number of carbonyl (C=O) groups is 3. The molecule has 14 heteroatoms. The fourth-order valence-corrected chi connectivity index (χ4v) is 6.21. The van der Waals surface area contributed by atoms with Crippen molar-refractivity contribution in [1.82, 2.24) is 0 Å². The SMILES string of the molecule is O=C(OCCS(=O)(=O)O)c1ccc(NC(=O)c2c(I)c(I)c(I)c(I)c2C(=O)O)cc1. The molecule has 166 valence electrons. The highest BCUT2D eigenvalue weighted by Gasteiger charge is 2.27. The Morgan fingerprint density at radius 1 is 0.903 bits per heavy atom. The van der Waals surface area contributed by atoms with Gasteiger partial charge in [-0.05, 0) is 115 Å². The number of rotatable bonds is 7. The number of ether oxygens (including phenoxy) is 1. The maximum absolute atomic E-state index is 12.9. The minimum absolute atomic E-state index is 0.0380. The van der Waals surface area contributed by atoms with Crippen LogP contribution in [0.15, 0.2) is 24.3 Å². The quantitative estimate of drug-likeness (QED) is 0.124. The molecule has 31 heavy (non-hydrogen) atoms. The highest BCUT2D eigenvalue weighted by Crippen LogP contribution is 2.33. The van der Waals surface area contributed by atoms with Crippen molar-refractivity contribution in [2.45, 2.75) is 0 Å². The highest BCUT2D eigenvalue weighted by molar-refractivity contribution is 14.1. The second kappa shape index (κ2) is 11.2. The van der Waals surface area contributed by atoms with Crippen LogP contribution in [0.1, 0.15) is 31.1 Å². The first-order chi connectivity index (χ1) is 14.3. The molecule has 0 fully saturated rings. The van der Waals surface area contributed by atoms with Crippen molar-refractivity contribution in [1.29, 1.82) is 0 Å².